The number of rotatable bonds is 5. The molecule has 100 valence electrons. The molecule has 0 bridgehead atoms. The maximum absolute atomic E-state index is 12.0. The SMILES string of the molecule is NCCNCc1cccc(NC(=O)C(F)(F)F)c1. The zero-order valence-corrected chi connectivity index (χ0v) is 9.55. The summed E-state index contributed by atoms with van der Waals surface area (Å²) in [6, 6.07) is 6.20. The fraction of sp³-hybridized carbons (Fsp3) is 0.364. The number of benzene rings is 1. The summed E-state index contributed by atoms with van der Waals surface area (Å²) in [7, 11) is 0. The van der Waals surface area contributed by atoms with Crippen molar-refractivity contribution in [2.45, 2.75) is 12.7 Å². The highest BCUT2D eigenvalue weighted by molar-refractivity contribution is 5.94. The standard InChI is InChI=1S/C11H14F3N3O/c12-11(13,14)10(18)17-9-3-1-2-8(6-9)7-16-5-4-15/h1-3,6,16H,4-5,7,15H2,(H,17,18). The van der Waals surface area contributed by atoms with E-state index in [4.69, 9.17) is 5.73 Å². The maximum Gasteiger partial charge on any atom is 0.471 e. The maximum atomic E-state index is 12.0. The van der Waals surface area contributed by atoms with E-state index in [1.807, 2.05) is 0 Å². The number of carbonyl (C=O) groups excluding carboxylic acids is 1. The molecule has 0 aliphatic rings. The lowest BCUT2D eigenvalue weighted by atomic mass is 10.2. The third kappa shape index (κ3) is 4.72. The minimum Gasteiger partial charge on any atom is -0.329 e. The van der Waals surface area contributed by atoms with Crippen molar-refractivity contribution in [2.75, 3.05) is 18.4 Å². The Bertz CT molecular complexity index is 407. The van der Waals surface area contributed by atoms with E-state index < -0.39 is 12.1 Å². The van der Waals surface area contributed by atoms with E-state index in [0.29, 0.717) is 19.6 Å². The van der Waals surface area contributed by atoms with Crippen LogP contribution in [0.1, 0.15) is 5.56 Å². The van der Waals surface area contributed by atoms with Gasteiger partial charge in [-0.05, 0) is 17.7 Å². The second kappa shape index (κ2) is 6.36. The normalized spacial score (nSPS) is 11.3. The van der Waals surface area contributed by atoms with Crippen molar-refractivity contribution in [2.24, 2.45) is 5.73 Å². The summed E-state index contributed by atoms with van der Waals surface area (Å²) < 4.78 is 36.1. The zero-order valence-electron chi connectivity index (χ0n) is 9.55. The minimum absolute atomic E-state index is 0.115. The summed E-state index contributed by atoms with van der Waals surface area (Å²) in [5, 5.41) is 4.80. The molecule has 4 N–H and O–H groups in total. The van der Waals surface area contributed by atoms with Gasteiger partial charge in [0.25, 0.3) is 0 Å². The van der Waals surface area contributed by atoms with Crippen LogP contribution in [0, 0.1) is 0 Å². The van der Waals surface area contributed by atoms with Crippen LogP contribution in [0.5, 0.6) is 0 Å². The van der Waals surface area contributed by atoms with Crippen LogP contribution in [-0.2, 0) is 11.3 Å². The molecule has 0 fully saturated rings. The first-order valence-corrected chi connectivity index (χ1v) is 5.31. The van der Waals surface area contributed by atoms with Gasteiger partial charge in [-0.15, -0.1) is 0 Å². The number of hydrogen-bond donors (Lipinski definition) is 3. The third-order valence-corrected chi connectivity index (χ3v) is 2.09. The molecule has 0 saturated heterocycles. The van der Waals surface area contributed by atoms with E-state index in [1.165, 1.54) is 12.1 Å². The molecule has 1 amide bonds. The molecule has 0 spiro atoms. The molecular formula is C11H14F3N3O. The van der Waals surface area contributed by atoms with Crippen LogP contribution in [0.25, 0.3) is 0 Å². The summed E-state index contributed by atoms with van der Waals surface area (Å²) in [6.45, 7) is 1.57. The highest BCUT2D eigenvalue weighted by atomic mass is 19.4. The molecule has 18 heavy (non-hydrogen) atoms. The largest absolute Gasteiger partial charge is 0.471 e. The van der Waals surface area contributed by atoms with Crippen molar-refractivity contribution in [3.05, 3.63) is 29.8 Å². The molecule has 7 heteroatoms. The number of anilines is 1. The van der Waals surface area contributed by atoms with E-state index in [2.05, 4.69) is 5.32 Å². The zero-order chi connectivity index (χ0) is 13.6. The molecule has 0 heterocycles. The molecule has 1 aromatic carbocycles. The van der Waals surface area contributed by atoms with Crippen LogP contribution >= 0.6 is 0 Å². The predicted octanol–water partition coefficient (Wildman–Crippen LogP) is 1.24. The molecule has 0 unspecified atom stereocenters. The number of nitrogens with two attached hydrogens (primary N) is 1. The predicted molar refractivity (Wildman–Crippen MR) is 61.9 cm³/mol. The Kier molecular flexibility index (Phi) is 5.11. The van der Waals surface area contributed by atoms with Gasteiger partial charge < -0.3 is 16.4 Å². The van der Waals surface area contributed by atoms with E-state index in [1.54, 1.807) is 17.4 Å². The second-order valence-electron chi connectivity index (χ2n) is 3.62. The number of hydrogen-bond acceptors (Lipinski definition) is 3. The van der Waals surface area contributed by atoms with Crippen molar-refractivity contribution < 1.29 is 18.0 Å². The minimum atomic E-state index is -4.88. The number of amides is 1. The Hall–Kier alpha value is -1.60. The van der Waals surface area contributed by atoms with E-state index in [9.17, 15) is 18.0 Å². The van der Waals surface area contributed by atoms with Gasteiger partial charge in [0.2, 0.25) is 0 Å². The van der Waals surface area contributed by atoms with Gasteiger partial charge >= 0.3 is 12.1 Å². The molecule has 0 aliphatic carbocycles. The lowest BCUT2D eigenvalue weighted by Gasteiger charge is -2.09. The lowest BCUT2D eigenvalue weighted by Crippen LogP contribution is -2.30. The van der Waals surface area contributed by atoms with Gasteiger partial charge in [0.05, 0.1) is 0 Å². The summed E-state index contributed by atoms with van der Waals surface area (Å²) in [5.41, 5.74) is 6.17. The summed E-state index contributed by atoms with van der Waals surface area (Å²) in [6.07, 6.45) is -4.88. The smallest absolute Gasteiger partial charge is 0.329 e. The Morgan fingerprint density at radius 3 is 2.67 bits per heavy atom. The molecule has 0 radical (unpaired) electrons. The van der Waals surface area contributed by atoms with Crippen LogP contribution in [-0.4, -0.2) is 25.2 Å². The first kappa shape index (κ1) is 14.5. The van der Waals surface area contributed by atoms with Gasteiger partial charge in [-0.1, -0.05) is 12.1 Å². The van der Waals surface area contributed by atoms with Gasteiger partial charge in [-0.25, -0.2) is 0 Å². The summed E-state index contributed by atoms with van der Waals surface area (Å²) >= 11 is 0. The van der Waals surface area contributed by atoms with Crippen LogP contribution < -0.4 is 16.4 Å². The average molecular weight is 261 g/mol. The Morgan fingerprint density at radius 1 is 1.33 bits per heavy atom. The van der Waals surface area contributed by atoms with Gasteiger partial charge in [-0.2, -0.15) is 13.2 Å². The van der Waals surface area contributed by atoms with Gasteiger partial charge in [-0.3, -0.25) is 4.79 Å². The van der Waals surface area contributed by atoms with Crippen LogP contribution in [0.15, 0.2) is 24.3 Å². The number of alkyl halides is 3. The number of carbonyl (C=O) groups is 1. The Balaban J connectivity index is 2.62. The van der Waals surface area contributed by atoms with Crippen molar-refractivity contribution in [1.29, 1.82) is 0 Å². The number of halogens is 3. The van der Waals surface area contributed by atoms with Crippen LogP contribution in [0.2, 0.25) is 0 Å². The fourth-order valence-corrected chi connectivity index (χ4v) is 1.30. The third-order valence-electron chi connectivity index (χ3n) is 2.09. The van der Waals surface area contributed by atoms with Crippen molar-refractivity contribution in [3.63, 3.8) is 0 Å². The molecule has 1 rings (SSSR count). The Morgan fingerprint density at radius 2 is 2.06 bits per heavy atom. The van der Waals surface area contributed by atoms with E-state index in [-0.39, 0.29) is 5.69 Å². The summed E-state index contributed by atoms with van der Waals surface area (Å²) in [4.78, 5) is 10.7. The first-order chi connectivity index (χ1) is 8.43. The highest BCUT2D eigenvalue weighted by Crippen LogP contribution is 2.18. The van der Waals surface area contributed by atoms with Crippen molar-refractivity contribution in [1.82, 2.24) is 5.32 Å². The van der Waals surface area contributed by atoms with E-state index >= 15 is 0 Å². The quantitative estimate of drug-likeness (QED) is 0.698. The van der Waals surface area contributed by atoms with Crippen molar-refractivity contribution in [3.8, 4) is 0 Å². The first-order valence-electron chi connectivity index (χ1n) is 5.31. The van der Waals surface area contributed by atoms with Gasteiger partial charge in [0.15, 0.2) is 0 Å². The molecule has 0 atom stereocenters. The molecular weight excluding hydrogens is 247 g/mol. The van der Waals surface area contributed by atoms with Gasteiger partial charge in [0.1, 0.15) is 0 Å². The average Bonchev–Trinajstić information content (AvgIpc) is 2.28. The second-order valence-corrected chi connectivity index (χ2v) is 3.62. The van der Waals surface area contributed by atoms with Crippen LogP contribution in [0.4, 0.5) is 18.9 Å². The fourth-order valence-electron chi connectivity index (χ4n) is 1.30. The van der Waals surface area contributed by atoms with Gasteiger partial charge in [0, 0.05) is 25.3 Å². The monoisotopic (exact) mass is 261 g/mol. The molecule has 0 aromatic heterocycles. The Labute approximate surface area is 102 Å². The molecule has 0 saturated carbocycles. The number of nitrogens with one attached hydrogen (secondary N) is 2. The van der Waals surface area contributed by atoms with Crippen LogP contribution in [0.3, 0.4) is 0 Å². The van der Waals surface area contributed by atoms with E-state index in [0.717, 1.165) is 5.56 Å². The highest BCUT2D eigenvalue weighted by Gasteiger charge is 2.38. The summed E-state index contributed by atoms with van der Waals surface area (Å²) in [5.74, 6) is -1.98. The molecule has 1 aromatic rings. The molecule has 0 aliphatic heterocycles. The molecule has 4 nitrogen and oxygen atoms in total. The van der Waals surface area contributed by atoms with Crippen molar-refractivity contribution >= 4 is 11.6 Å². The lowest BCUT2D eigenvalue weighted by molar-refractivity contribution is -0.167. The topological polar surface area (TPSA) is 67.2 Å².